The number of benzene rings is 3. The van der Waals surface area contributed by atoms with Crippen molar-refractivity contribution in [3.8, 4) is 23.0 Å². The van der Waals surface area contributed by atoms with E-state index in [9.17, 15) is 24.6 Å². The SMILES string of the molecule is COc1ccc(OCCN(C(=O)C2=C(c3ccc(OCCOc4ccc(Br)cc4)cc3)C[C@@H]3CN(C(=O)O)C[C@H]2N3C(=O)O)C2CC2)cc1. The van der Waals surface area contributed by atoms with Crippen LogP contribution in [-0.4, -0.2) is 108 Å². The molecule has 0 spiro atoms. The number of ether oxygens (including phenoxy) is 4. The maximum atomic E-state index is 14.6. The first-order chi connectivity index (χ1) is 23.7. The van der Waals surface area contributed by atoms with Gasteiger partial charge < -0.3 is 39.0 Å². The molecule has 2 aliphatic heterocycles. The van der Waals surface area contributed by atoms with Crippen LogP contribution in [0.5, 0.6) is 23.0 Å². The molecule has 3 amide bonds. The second-order valence-corrected chi connectivity index (χ2v) is 13.0. The van der Waals surface area contributed by atoms with Crippen LogP contribution in [0.15, 0.2) is 82.8 Å². The molecule has 2 N–H and O–H groups in total. The summed E-state index contributed by atoms with van der Waals surface area (Å²) in [5.74, 6) is 2.38. The highest BCUT2D eigenvalue weighted by atomic mass is 79.9. The number of hydrogen-bond acceptors (Lipinski definition) is 7. The Morgan fingerprint density at radius 2 is 1.33 bits per heavy atom. The van der Waals surface area contributed by atoms with Crippen LogP contribution in [0, 0.1) is 0 Å². The van der Waals surface area contributed by atoms with Gasteiger partial charge in [-0.25, -0.2) is 9.59 Å². The first-order valence-corrected chi connectivity index (χ1v) is 16.9. The molecule has 6 rings (SSSR count). The summed E-state index contributed by atoms with van der Waals surface area (Å²) >= 11 is 3.41. The maximum absolute atomic E-state index is 14.6. The lowest BCUT2D eigenvalue weighted by atomic mass is 9.81. The summed E-state index contributed by atoms with van der Waals surface area (Å²) in [5, 5.41) is 20.2. The molecule has 1 aliphatic carbocycles. The minimum absolute atomic E-state index is 0.00806. The number of carbonyl (C=O) groups excluding carboxylic acids is 1. The molecule has 49 heavy (non-hydrogen) atoms. The number of amides is 3. The lowest BCUT2D eigenvalue weighted by Gasteiger charge is -2.49. The van der Waals surface area contributed by atoms with E-state index in [1.807, 2.05) is 48.5 Å². The average Bonchev–Trinajstić information content (AvgIpc) is 3.94. The van der Waals surface area contributed by atoms with E-state index in [1.54, 1.807) is 36.3 Å². The predicted molar refractivity (Wildman–Crippen MR) is 183 cm³/mol. The number of halogens is 1. The van der Waals surface area contributed by atoms with Gasteiger partial charge >= 0.3 is 12.2 Å². The third-order valence-corrected chi connectivity index (χ3v) is 9.45. The van der Waals surface area contributed by atoms with Crippen molar-refractivity contribution in [3.05, 3.63) is 88.4 Å². The Labute approximate surface area is 292 Å². The molecule has 3 aromatic carbocycles. The highest BCUT2D eigenvalue weighted by molar-refractivity contribution is 9.10. The van der Waals surface area contributed by atoms with Crippen molar-refractivity contribution < 1.29 is 43.5 Å². The van der Waals surface area contributed by atoms with Crippen molar-refractivity contribution in [1.29, 1.82) is 0 Å². The van der Waals surface area contributed by atoms with Crippen molar-refractivity contribution in [3.63, 3.8) is 0 Å². The fourth-order valence-electron chi connectivity index (χ4n) is 6.43. The van der Waals surface area contributed by atoms with E-state index >= 15 is 0 Å². The fraction of sp³-hybridized carbons (Fsp3) is 0.361. The van der Waals surface area contributed by atoms with Gasteiger partial charge in [0.25, 0.3) is 5.91 Å². The molecule has 3 aliphatic rings. The van der Waals surface area contributed by atoms with Gasteiger partial charge in [0.15, 0.2) is 0 Å². The highest BCUT2D eigenvalue weighted by Crippen LogP contribution is 2.41. The van der Waals surface area contributed by atoms with E-state index in [-0.39, 0.29) is 44.6 Å². The van der Waals surface area contributed by atoms with Gasteiger partial charge in [0.2, 0.25) is 0 Å². The molecule has 0 unspecified atom stereocenters. The molecule has 2 heterocycles. The third-order valence-electron chi connectivity index (χ3n) is 8.92. The zero-order valence-corrected chi connectivity index (χ0v) is 28.6. The van der Waals surface area contributed by atoms with Gasteiger partial charge in [-0.05, 0) is 91.1 Å². The number of methoxy groups -OCH3 is 1. The number of piperazine rings is 1. The predicted octanol–water partition coefficient (Wildman–Crippen LogP) is 5.85. The molecule has 1 saturated heterocycles. The number of fused-ring (bicyclic) bond motifs is 2. The number of hydrogen-bond donors (Lipinski definition) is 2. The Hall–Kier alpha value is -4.91. The Balaban J connectivity index is 1.23. The van der Waals surface area contributed by atoms with E-state index in [2.05, 4.69) is 15.9 Å². The molecule has 3 aromatic rings. The van der Waals surface area contributed by atoms with Gasteiger partial charge in [-0.1, -0.05) is 28.1 Å². The van der Waals surface area contributed by atoms with E-state index in [4.69, 9.17) is 18.9 Å². The molecule has 258 valence electrons. The third kappa shape index (κ3) is 8.05. The minimum atomic E-state index is -1.18. The quantitative estimate of drug-likeness (QED) is 0.207. The van der Waals surface area contributed by atoms with Crippen LogP contribution in [0.25, 0.3) is 5.57 Å². The first kappa shape index (κ1) is 34.0. The van der Waals surface area contributed by atoms with Gasteiger partial charge in [-0.15, -0.1) is 0 Å². The Morgan fingerprint density at radius 3 is 1.88 bits per heavy atom. The Kier molecular flexibility index (Phi) is 10.5. The van der Waals surface area contributed by atoms with Crippen molar-refractivity contribution in [2.75, 3.05) is 46.6 Å². The molecule has 2 bridgehead atoms. The van der Waals surface area contributed by atoms with Gasteiger partial charge in [-0.2, -0.15) is 0 Å². The normalized spacial score (nSPS) is 18.5. The monoisotopic (exact) mass is 735 g/mol. The zero-order valence-electron chi connectivity index (χ0n) is 27.0. The topological polar surface area (TPSA) is 138 Å². The summed E-state index contributed by atoms with van der Waals surface area (Å²) < 4.78 is 23.8. The zero-order chi connectivity index (χ0) is 34.5. The summed E-state index contributed by atoms with van der Waals surface area (Å²) in [7, 11) is 1.59. The van der Waals surface area contributed by atoms with E-state index in [0.29, 0.717) is 36.0 Å². The van der Waals surface area contributed by atoms with Gasteiger partial charge in [0.1, 0.15) is 42.8 Å². The lowest BCUT2D eigenvalue weighted by molar-refractivity contribution is -0.129. The maximum Gasteiger partial charge on any atom is 0.408 e. The van der Waals surface area contributed by atoms with Gasteiger partial charge in [0, 0.05) is 29.2 Å². The van der Waals surface area contributed by atoms with Gasteiger partial charge in [0.05, 0.1) is 25.7 Å². The Morgan fingerprint density at radius 1 is 0.776 bits per heavy atom. The second kappa shape index (κ2) is 15.1. The molecular formula is C36H38BrN3O9. The van der Waals surface area contributed by atoms with E-state index in [0.717, 1.165) is 34.2 Å². The first-order valence-electron chi connectivity index (χ1n) is 16.1. The van der Waals surface area contributed by atoms with Crippen LogP contribution >= 0.6 is 15.9 Å². The molecule has 13 heteroatoms. The summed E-state index contributed by atoms with van der Waals surface area (Å²) in [6, 6.07) is 20.4. The smallest absolute Gasteiger partial charge is 0.408 e. The fourth-order valence-corrected chi connectivity index (χ4v) is 6.69. The molecule has 2 fully saturated rings. The number of carboxylic acid groups (broad SMARTS) is 2. The second-order valence-electron chi connectivity index (χ2n) is 12.1. The van der Waals surface area contributed by atoms with Crippen LogP contribution in [0.1, 0.15) is 24.8 Å². The molecule has 2 atom stereocenters. The summed E-state index contributed by atoms with van der Waals surface area (Å²) in [6.45, 7) is 1.06. The summed E-state index contributed by atoms with van der Waals surface area (Å²) in [6.07, 6.45) is -0.486. The molecule has 0 aromatic heterocycles. The van der Waals surface area contributed by atoms with E-state index in [1.165, 1.54) is 9.80 Å². The highest BCUT2D eigenvalue weighted by Gasteiger charge is 2.49. The van der Waals surface area contributed by atoms with Crippen LogP contribution < -0.4 is 18.9 Å². The number of carbonyl (C=O) groups is 3. The number of rotatable bonds is 13. The molecule has 0 radical (unpaired) electrons. The van der Waals surface area contributed by atoms with Crippen molar-refractivity contribution in [2.24, 2.45) is 0 Å². The van der Waals surface area contributed by atoms with Crippen molar-refractivity contribution in [2.45, 2.75) is 37.4 Å². The lowest BCUT2D eigenvalue weighted by Crippen LogP contribution is -2.65. The van der Waals surface area contributed by atoms with Crippen LogP contribution in [0.3, 0.4) is 0 Å². The van der Waals surface area contributed by atoms with E-state index < -0.39 is 24.3 Å². The van der Waals surface area contributed by atoms with Crippen LogP contribution in [0.4, 0.5) is 9.59 Å². The van der Waals surface area contributed by atoms with Gasteiger partial charge in [-0.3, -0.25) is 9.69 Å². The average molecular weight is 737 g/mol. The molecule has 1 saturated carbocycles. The summed E-state index contributed by atoms with van der Waals surface area (Å²) in [5.41, 5.74) is 1.78. The number of nitrogens with zero attached hydrogens (tertiary/aromatic N) is 3. The Bertz CT molecular complexity index is 1680. The molecule has 12 nitrogen and oxygen atoms in total. The van der Waals surface area contributed by atoms with Crippen molar-refractivity contribution >= 4 is 39.6 Å². The van der Waals surface area contributed by atoms with Crippen LogP contribution in [-0.2, 0) is 4.79 Å². The minimum Gasteiger partial charge on any atom is -0.497 e. The largest absolute Gasteiger partial charge is 0.497 e. The van der Waals surface area contributed by atoms with Crippen molar-refractivity contribution in [1.82, 2.24) is 14.7 Å². The summed E-state index contributed by atoms with van der Waals surface area (Å²) in [4.78, 5) is 43.5. The van der Waals surface area contributed by atoms with Crippen LogP contribution in [0.2, 0.25) is 0 Å². The standard InChI is InChI=1S/C36H38BrN3O9/c1-46-27-12-14-30(15-13-27)47-17-16-39(25-6-7-25)34(41)33-31(20-26-21-38(35(42)43)22-32(33)40(26)36(44)45)23-2-8-28(9-3-23)48-18-19-49-29-10-4-24(37)5-11-29/h2-5,8-15,25-26,32H,6-7,16-22H2,1H3,(H,42,43)(H,44,45)/t26-,32-/m1/s1. The molecular weight excluding hydrogens is 698 g/mol.